The lowest BCUT2D eigenvalue weighted by Gasteiger charge is -2.41. The quantitative estimate of drug-likeness (QED) is 0.878. The van der Waals surface area contributed by atoms with Crippen LogP contribution in [-0.2, 0) is 6.54 Å². The molecule has 1 saturated heterocycles. The maximum absolute atomic E-state index is 9.93. The molecule has 0 spiro atoms. The number of aromatic hydroxyl groups is 1. The van der Waals surface area contributed by atoms with E-state index in [1.165, 1.54) is 6.42 Å². The first-order valence-corrected chi connectivity index (χ1v) is 7.07. The van der Waals surface area contributed by atoms with Crippen LogP contribution in [0.5, 0.6) is 5.75 Å². The summed E-state index contributed by atoms with van der Waals surface area (Å²) in [5, 5.41) is 10.6. The van der Waals surface area contributed by atoms with Crippen molar-refractivity contribution in [1.29, 1.82) is 0 Å². The summed E-state index contributed by atoms with van der Waals surface area (Å²) in [5.74, 6) is 1.71. The van der Waals surface area contributed by atoms with Crippen molar-refractivity contribution in [3.05, 3.63) is 28.8 Å². The van der Waals surface area contributed by atoms with Crippen molar-refractivity contribution < 1.29 is 5.11 Å². The van der Waals surface area contributed by atoms with Gasteiger partial charge in [-0.3, -0.25) is 4.90 Å². The molecular formula is C15H22ClNO. The summed E-state index contributed by atoms with van der Waals surface area (Å²) >= 11 is 6.18. The Labute approximate surface area is 115 Å². The van der Waals surface area contributed by atoms with Gasteiger partial charge in [-0.25, -0.2) is 0 Å². The van der Waals surface area contributed by atoms with Gasteiger partial charge in [-0.1, -0.05) is 31.5 Å². The molecule has 0 bridgehead atoms. The van der Waals surface area contributed by atoms with E-state index in [1.807, 2.05) is 6.07 Å². The Balaban J connectivity index is 2.17. The molecular weight excluding hydrogens is 246 g/mol. The molecule has 1 aliphatic rings. The number of halogens is 1. The van der Waals surface area contributed by atoms with Crippen molar-refractivity contribution in [2.24, 2.45) is 11.8 Å². The molecule has 0 radical (unpaired) electrons. The fourth-order valence-corrected chi connectivity index (χ4v) is 3.18. The molecule has 1 aliphatic heterocycles. The summed E-state index contributed by atoms with van der Waals surface area (Å²) < 4.78 is 0. The minimum atomic E-state index is 0.306. The van der Waals surface area contributed by atoms with E-state index in [9.17, 15) is 5.11 Å². The molecule has 0 aromatic heterocycles. The van der Waals surface area contributed by atoms with Crippen LogP contribution in [0.4, 0.5) is 0 Å². The van der Waals surface area contributed by atoms with Crippen molar-refractivity contribution in [3.63, 3.8) is 0 Å². The normalized spacial score (nSPS) is 29.4. The number of likely N-dealkylation sites (tertiary alicyclic amines) is 1. The maximum atomic E-state index is 9.93. The van der Waals surface area contributed by atoms with Gasteiger partial charge >= 0.3 is 0 Å². The molecule has 1 aromatic carbocycles. The Morgan fingerprint density at radius 1 is 1.33 bits per heavy atom. The van der Waals surface area contributed by atoms with Crippen LogP contribution < -0.4 is 0 Å². The van der Waals surface area contributed by atoms with Gasteiger partial charge in [0.15, 0.2) is 0 Å². The topological polar surface area (TPSA) is 23.5 Å². The molecule has 100 valence electrons. The molecule has 0 saturated carbocycles. The van der Waals surface area contributed by atoms with Crippen molar-refractivity contribution in [3.8, 4) is 5.75 Å². The molecule has 3 heteroatoms. The third-order valence-corrected chi connectivity index (χ3v) is 4.53. The SMILES string of the molecule is CC1CC(C)C(C)N(Cc2c(O)cccc2Cl)C1. The van der Waals surface area contributed by atoms with E-state index in [2.05, 4.69) is 25.7 Å². The second-order valence-corrected chi connectivity index (χ2v) is 6.13. The first kappa shape index (κ1) is 13.7. The Morgan fingerprint density at radius 2 is 2.06 bits per heavy atom. The third-order valence-electron chi connectivity index (χ3n) is 4.18. The van der Waals surface area contributed by atoms with E-state index in [4.69, 9.17) is 11.6 Å². The number of piperidine rings is 1. The van der Waals surface area contributed by atoms with E-state index < -0.39 is 0 Å². The van der Waals surface area contributed by atoms with Crippen molar-refractivity contribution in [1.82, 2.24) is 4.90 Å². The summed E-state index contributed by atoms with van der Waals surface area (Å²) in [4.78, 5) is 2.43. The fraction of sp³-hybridized carbons (Fsp3) is 0.600. The van der Waals surface area contributed by atoms with Crippen molar-refractivity contribution in [2.45, 2.75) is 39.8 Å². The molecule has 2 nitrogen and oxygen atoms in total. The first-order chi connectivity index (χ1) is 8.49. The van der Waals surface area contributed by atoms with Crippen LogP contribution in [0.2, 0.25) is 5.02 Å². The van der Waals surface area contributed by atoms with Crippen molar-refractivity contribution in [2.75, 3.05) is 6.54 Å². The smallest absolute Gasteiger partial charge is 0.121 e. The Morgan fingerprint density at radius 3 is 2.72 bits per heavy atom. The molecule has 1 aromatic rings. The van der Waals surface area contributed by atoms with E-state index >= 15 is 0 Å². The summed E-state index contributed by atoms with van der Waals surface area (Å²) in [6.45, 7) is 8.68. The van der Waals surface area contributed by atoms with Gasteiger partial charge in [0.25, 0.3) is 0 Å². The van der Waals surface area contributed by atoms with Crippen LogP contribution in [0.3, 0.4) is 0 Å². The predicted octanol–water partition coefficient (Wildman–Crippen LogP) is 3.91. The second-order valence-electron chi connectivity index (χ2n) is 5.73. The zero-order valence-corrected chi connectivity index (χ0v) is 12.1. The second kappa shape index (κ2) is 5.50. The highest BCUT2D eigenvalue weighted by atomic mass is 35.5. The standard InChI is InChI=1S/C15H22ClNO/c1-10-7-11(2)12(3)17(8-10)9-13-14(16)5-4-6-15(13)18/h4-6,10-12,18H,7-9H2,1-3H3. The minimum absolute atomic E-state index is 0.306. The fourth-order valence-electron chi connectivity index (χ4n) is 2.95. The Bertz CT molecular complexity index is 401. The van der Waals surface area contributed by atoms with Gasteiger partial charge < -0.3 is 5.11 Å². The Kier molecular flexibility index (Phi) is 4.18. The monoisotopic (exact) mass is 267 g/mol. The molecule has 2 rings (SSSR count). The van der Waals surface area contributed by atoms with E-state index in [-0.39, 0.29) is 0 Å². The highest BCUT2D eigenvalue weighted by molar-refractivity contribution is 6.31. The summed E-state index contributed by atoms with van der Waals surface area (Å²) in [6, 6.07) is 5.88. The van der Waals surface area contributed by atoms with Gasteiger partial charge in [-0.05, 0) is 37.3 Å². The molecule has 3 unspecified atom stereocenters. The largest absolute Gasteiger partial charge is 0.508 e. The van der Waals surface area contributed by atoms with Crippen LogP contribution in [0.25, 0.3) is 0 Å². The zero-order chi connectivity index (χ0) is 13.3. The predicted molar refractivity (Wildman–Crippen MR) is 75.9 cm³/mol. The molecule has 0 amide bonds. The van der Waals surface area contributed by atoms with Crippen LogP contribution in [-0.4, -0.2) is 22.6 Å². The highest BCUT2D eigenvalue weighted by Gasteiger charge is 2.29. The van der Waals surface area contributed by atoms with E-state index in [0.29, 0.717) is 28.6 Å². The summed E-state index contributed by atoms with van der Waals surface area (Å²) in [7, 11) is 0. The number of phenols is 1. The number of phenolic OH excluding ortho intramolecular Hbond substituents is 1. The average molecular weight is 268 g/mol. The van der Waals surface area contributed by atoms with Gasteiger partial charge in [0.1, 0.15) is 5.75 Å². The molecule has 3 atom stereocenters. The number of hydrogen-bond acceptors (Lipinski definition) is 2. The zero-order valence-electron chi connectivity index (χ0n) is 11.4. The number of nitrogens with zero attached hydrogens (tertiary/aromatic N) is 1. The molecule has 1 heterocycles. The van der Waals surface area contributed by atoms with Gasteiger partial charge in [-0.15, -0.1) is 0 Å². The molecule has 1 N–H and O–H groups in total. The lowest BCUT2D eigenvalue weighted by molar-refractivity contribution is 0.0723. The number of hydrogen-bond donors (Lipinski definition) is 1. The first-order valence-electron chi connectivity index (χ1n) is 6.69. The molecule has 1 fully saturated rings. The molecule has 18 heavy (non-hydrogen) atoms. The summed E-state index contributed by atoms with van der Waals surface area (Å²) in [6.07, 6.45) is 1.28. The lowest BCUT2D eigenvalue weighted by Crippen LogP contribution is -2.45. The van der Waals surface area contributed by atoms with E-state index in [1.54, 1.807) is 12.1 Å². The Hall–Kier alpha value is -0.730. The van der Waals surface area contributed by atoms with Crippen LogP contribution in [0, 0.1) is 11.8 Å². The van der Waals surface area contributed by atoms with Gasteiger partial charge in [-0.2, -0.15) is 0 Å². The van der Waals surface area contributed by atoms with Crippen LogP contribution in [0.15, 0.2) is 18.2 Å². The third kappa shape index (κ3) is 2.81. The van der Waals surface area contributed by atoms with Crippen molar-refractivity contribution >= 4 is 11.6 Å². The van der Waals surface area contributed by atoms with Gasteiger partial charge in [0, 0.05) is 29.7 Å². The number of benzene rings is 1. The van der Waals surface area contributed by atoms with Gasteiger partial charge in [0.05, 0.1) is 0 Å². The lowest BCUT2D eigenvalue weighted by atomic mass is 9.86. The van der Waals surface area contributed by atoms with Crippen LogP contribution >= 0.6 is 11.6 Å². The molecule has 0 aliphatic carbocycles. The number of rotatable bonds is 2. The maximum Gasteiger partial charge on any atom is 0.121 e. The van der Waals surface area contributed by atoms with E-state index in [0.717, 1.165) is 18.7 Å². The van der Waals surface area contributed by atoms with Gasteiger partial charge in [0.2, 0.25) is 0 Å². The highest BCUT2D eigenvalue weighted by Crippen LogP contribution is 2.32. The van der Waals surface area contributed by atoms with Crippen LogP contribution in [0.1, 0.15) is 32.8 Å². The summed E-state index contributed by atoms with van der Waals surface area (Å²) in [5.41, 5.74) is 0.854. The minimum Gasteiger partial charge on any atom is -0.508 e. The average Bonchev–Trinajstić information content (AvgIpc) is 2.30.